The third-order valence-electron chi connectivity index (χ3n) is 4.60. The van der Waals surface area contributed by atoms with E-state index in [0.29, 0.717) is 44.3 Å². The average molecular weight is 367 g/mol. The maximum atomic E-state index is 13.1. The number of fused-ring (bicyclic) bond motifs is 1. The van der Waals surface area contributed by atoms with Gasteiger partial charge in [0, 0.05) is 56.9 Å². The van der Waals surface area contributed by atoms with Gasteiger partial charge >= 0.3 is 0 Å². The molecule has 1 aliphatic heterocycles. The van der Waals surface area contributed by atoms with Gasteiger partial charge in [-0.3, -0.25) is 4.90 Å². The summed E-state index contributed by atoms with van der Waals surface area (Å²) in [6, 6.07) is 7.57. The Kier molecular flexibility index (Phi) is 5.75. The number of piperazine rings is 1. The molecular weight excluding hydrogens is 342 g/mol. The van der Waals surface area contributed by atoms with E-state index in [1.807, 2.05) is 35.9 Å². The molecule has 0 spiro atoms. The standard InChI is InChI=1S/C17H25N3O4S/c1-18-14-17(15-4-2-3-5-16(15)18)25(22,23)20-8-6-19(7-9-20)10-12-24-13-11-21/h2-5,14,21H,6-13H2,1H3. The number of aliphatic hydroxyl groups excluding tert-OH is 1. The van der Waals surface area contributed by atoms with E-state index in [4.69, 9.17) is 9.84 Å². The van der Waals surface area contributed by atoms with Crippen molar-refractivity contribution >= 4 is 20.9 Å². The predicted molar refractivity (Wildman–Crippen MR) is 96.0 cm³/mol. The Morgan fingerprint density at radius 2 is 1.84 bits per heavy atom. The molecule has 2 aromatic rings. The zero-order valence-electron chi connectivity index (χ0n) is 14.5. The molecule has 1 saturated heterocycles. The van der Waals surface area contributed by atoms with Gasteiger partial charge < -0.3 is 14.4 Å². The summed E-state index contributed by atoms with van der Waals surface area (Å²) in [4.78, 5) is 2.57. The molecule has 0 saturated carbocycles. The first-order valence-electron chi connectivity index (χ1n) is 8.49. The van der Waals surface area contributed by atoms with Crippen LogP contribution in [0.25, 0.3) is 10.9 Å². The first-order valence-corrected chi connectivity index (χ1v) is 9.93. The van der Waals surface area contributed by atoms with E-state index in [9.17, 15) is 8.42 Å². The molecule has 1 aliphatic rings. The fourth-order valence-corrected chi connectivity index (χ4v) is 4.87. The van der Waals surface area contributed by atoms with Gasteiger partial charge in [0.25, 0.3) is 0 Å². The van der Waals surface area contributed by atoms with Crippen LogP contribution in [0.4, 0.5) is 0 Å². The number of aromatic nitrogens is 1. The monoisotopic (exact) mass is 367 g/mol. The number of nitrogens with zero attached hydrogens (tertiary/aromatic N) is 3. The summed E-state index contributed by atoms with van der Waals surface area (Å²) in [6.45, 7) is 4.00. The van der Waals surface area contributed by atoms with Crippen LogP contribution < -0.4 is 0 Å². The van der Waals surface area contributed by atoms with Gasteiger partial charge in [-0.1, -0.05) is 18.2 Å². The van der Waals surface area contributed by atoms with Crippen LogP contribution in [0.2, 0.25) is 0 Å². The molecule has 3 rings (SSSR count). The van der Waals surface area contributed by atoms with Crippen LogP contribution in [0.1, 0.15) is 0 Å². The smallest absolute Gasteiger partial charge is 0.245 e. The quantitative estimate of drug-likeness (QED) is 0.721. The minimum absolute atomic E-state index is 0.0249. The number of ether oxygens (including phenoxy) is 1. The second kappa shape index (κ2) is 7.84. The van der Waals surface area contributed by atoms with Crippen LogP contribution >= 0.6 is 0 Å². The molecule has 2 heterocycles. The van der Waals surface area contributed by atoms with Crippen LogP contribution in [0.3, 0.4) is 0 Å². The second-order valence-electron chi connectivity index (χ2n) is 6.20. The minimum atomic E-state index is -3.50. The van der Waals surface area contributed by atoms with Crippen molar-refractivity contribution in [2.24, 2.45) is 7.05 Å². The van der Waals surface area contributed by atoms with E-state index in [1.165, 1.54) is 0 Å². The van der Waals surface area contributed by atoms with Gasteiger partial charge in [0.15, 0.2) is 0 Å². The topological polar surface area (TPSA) is 75.0 Å². The number of aryl methyl sites for hydroxylation is 1. The zero-order valence-corrected chi connectivity index (χ0v) is 15.3. The molecule has 0 radical (unpaired) electrons. The van der Waals surface area contributed by atoms with Crippen LogP contribution in [0, 0.1) is 0 Å². The van der Waals surface area contributed by atoms with Crippen molar-refractivity contribution in [3.05, 3.63) is 30.5 Å². The number of benzene rings is 1. The summed E-state index contributed by atoms with van der Waals surface area (Å²) in [7, 11) is -1.63. The number of hydrogen-bond donors (Lipinski definition) is 1. The number of sulfonamides is 1. The van der Waals surface area contributed by atoms with Crippen LogP contribution in [0.15, 0.2) is 35.4 Å². The highest BCUT2D eigenvalue weighted by molar-refractivity contribution is 7.89. The van der Waals surface area contributed by atoms with Crippen LogP contribution in [-0.2, 0) is 21.8 Å². The van der Waals surface area contributed by atoms with E-state index in [1.54, 1.807) is 10.5 Å². The lowest BCUT2D eigenvalue weighted by molar-refractivity contribution is 0.0661. The molecule has 7 nitrogen and oxygen atoms in total. The average Bonchev–Trinajstić information content (AvgIpc) is 2.97. The van der Waals surface area contributed by atoms with Gasteiger partial charge in [0.1, 0.15) is 4.90 Å². The molecular formula is C17H25N3O4S. The number of aliphatic hydroxyl groups is 1. The Hall–Kier alpha value is -1.45. The fraction of sp³-hybridized carbons (Fsp3) is 0.529. The number of hydrogen-bond acceptors (Lipinski definition) is 5. The summed E-state index contributed by atoms with van der Waals surface area (Å²) in [6.07, 6.45) is 1.70. The van der Waals surface area contributed by atoms with Crippen molar-refractivity contribution in [1.29, 1.82) is 0 Å². The third kappa shape index (κ3) is 3.88. The summed E-state index contributed by atoms with van der Waals surface area (Å²) in [5.74, 6) is 0. The van der Waals surface area contributed by atoms with E-state index < -0.39 is 10.0 Å². The maximum Gasteiger partial charge on any atom is 0.245 e. The van der Waals surface area contributed by atoms with Gasteiger partial charge in [-0.25, -0.2) is 8.42 Å². The van der Waals surface area contributed by atoms with Gasteiger partial charge in [0.2, 0.25) is 10.0 Å². The van der Waals surface area contributed by atoms with Gasteiger partial charge in [0.05, 0.1) is 19.8 Å². The van der Waals surface area contributed by atoms with Crippen LogP contribution in [-0.4, -0.2) is 79.8 Å². The second-order valence-corrected chi connectivity index (χ2v) is 8.11. The van der Waals surface area contributed by atoms with Crippen molar-refractivity contribution in [3.8, 4) is 0 Å². The zero-order chi connectivity index (χ0) is 17.9. The molecule has 0 atom stereocenters. The number of para-hydroxylation sites is 1. The predicted octanol–water partition coefficient (Wildman–Crippen LogP) is 0.494. The SMILES string of the molecule is Cn1cc(S(=O)(=O)N2CCN(CCOCCO)CC2)c2ccccc21. The number of rotatable bonds is 7. The molecule has 0 bridgehead atoms. The summed E-state index contributed by atoms with van der Waals surface area (Å²) in [5, 5.41) is 9.47. The molecule has 0 unspecified atom stereocenters. The molecule has 0 aliphatic carbocycles. The molecule has 8 heteroatoms. The molecule has 25 heavy (non-hydrogen) atoms. The van der Waals surface area contributed by atoms with Crippen LogP contribution in [0.5, 0.6) is 0 Å². The van der Waals surface area contributed by atoms with E-state index in [2.05, 4.69) is 4.90 Å². The molecule has 1 fully saturated rings. The Morgan fingerprint density at radius 3 is 2.56 bits per heavy atom. The summed E-state index contributed by atoms with van der Waals surface area (Å²) >= 11 is 0. The van der Waals surface area contributed by atoms with Crippen molar-refractivity contribution in [3.63, 3.8) is 0 Å². The van der Waals surface area contributed by atoms with Gasteiger partial charge in [-0.2, -0.15) is 4.31 Å². The lowest BCUT2D eigenvalue weighted by atomic mass is 10.2. The van der Waals surface area contributed by atoms with Crippen molar-refractivity contribution < 1.29 is 18.3 Å². The molecule has 138 valence electrons. The van der Waals surface area contributed by atoms with Gasteiger partial charge in [-0.05, 0) is 6.07 Å². The van der Waals surface area contributed by atoms with E-state index >= 15 is 0 Å². The molecule has 1 aromatic heterocycles. The highest BCUT2D eigenvalue weighted by atomic mass is 32.2. The molecule has 0 amide bonds. The van der Waals surface area contributed by atoms with E-state index in [0.717, 1.165) is 17.4 Å². The summed E-state index contributed by atoms with van der Waals surface area (Å²) in [5.41, 5.74) is 0.917. The first-order chi connectivity index (χ1) is 12.0. The molecule has 1 N–H and O–H groups in total. The normalized spacial score (nSPS) is 17.4. The Balaban J connectivity index is 1.68. The largest absolute Gasteiger partial charge is 0.394 e. The minimum Gasteiger partial charge on any atom is -0.394 e. The fourth-order valence-electron chi connectivity index (χ4n) is 3.20. The molecule has 1 aromatic carbocycles. The maximum absolute atomic E-state index is 13.1. The van der Waals surface area contributed by atoms with Gasteiger partial charge in [-0.15, -0.1) is 0 Å². The first kappa shape index (κ1) is 18.3. The lowest BCUT2D eigenvalue weighted by Crippen LogP contribution is -2.49. The Labute approximate surface area is 148 Å². The Bertz CT molecular complexity index is 810. The summed E-state index contributed by atoms with van der Waals surface area (Å²) < 4.78 is 34.8. The Morgan fingerprint density at radius 1 is 1.12 bits per heavy atom. The van der Waals surface area contributed by atoms with Crippen molar-refractivity contribution in [2.45, 2.75) is 4.90 Å². The highest BCUT2D eigenvalue weighted by Crippen LogP contribution is 2.27. The van der Waals surface area contributed by atoms with Crippen molar-refractivity contribution in [2.75, 3.05) is 52.5 Å². The lowest BCUT2D eigenvalue weighted by Gasteiger charge is -2.33. The highest BCUT2D eigenvalue weighted by Gasteiger charge is 2.30. The van der Waals surface area contributed by atoms with E-state index in [-0.39, 0.29) is 6.61 Å². The third-order valence-corrected chi connectivity index (χ3v) is 6.52. The van der Waals surface area contributed by atoms with Crippen molar-refractivity contribution in [1.82, 2.24) is 13.8 Å².